The Morgan fingerprint density at radius 2 is 2.05 bits per heavy atom. The van der Waals surface area contributed by atoms with Crippen molar-refractivity contribution >= 4 is 39.3 Å². The van der Waals surface area contributed by atoms with E-state index in [4.69, 9.17) is 0 Å². The summed E-state index contributed by atoms with van der Waals surface area (Å²) in [5.41, 5.74) is 2.25. The van der Waals surface area contributed by atoms with Crippen LogP contribution >= 0.6 is 23.1 Å². The number of carbonyl (C=O) groups is 1. The summed E-state index contributed by atoms with van der Waals surface area (Å²) in [6.45, 7) is 0. The summed E-state index contributed by atoms with van der Waals surface area (Å²) < 4.78 is 0.791. The van der Waals surface area contributed by atoms with Crippen molar-refractivity contribution in [2.45, 2.75) is 5.16 Å². The van der Waals surface area contributed by atoms with E-state index in [1.54, 1.807) is 6.20 Å². The number of nitrogens with zero attached hydrogens (tertiary/aromatic N) is 2. The maximum Gasteiger partial charge on any atom is 0.346 e. The minimum atomic E-state index is -0.933. The zero-order valence-electron chi connectivity index (χ0n) is 10.5. The van der Waals surface area contributed by atoms with E-state index in [1.807, 2.05) is 36.6 Å². The Morgan fingerprint density at radius 1 is 1.30 bits per heavy atom. The average molecular weight is 302 g/mol. The van der Waals surface area contributed by atoms with E-state index >= 15 is 0 Å². The van der Waals surface area contributed by atoms with Crippen LogP contribution in [0.25, 0.3) is 21.3 Å². The van der Waals surface area contributed by atoms with Crippen molar-refractivity contribution in [3.8, 4) is 11.1 Å². The van der Waals surface area contributed by atoms with E-state index < -0.39 is 5.97 Å². The molecule has 20 heavy (non-hydrogen) atoms. The van der Waals surface area contributed by atoms with Crippen LogP contribution in [0.4, 0.5) is 0 Å². The van der Waals surface area contributed by atoms with Crippen molar-refractivity contribution in [3.05, 3.63) is 41.4 Å². The molecule has 2 aromatic heterocycles. The highest BCUT2D eigenvalue weighted by atomic mass is 32.2. The highest BCUT2D eigenvalue weighted by molar-refractivity contribution is 7.98. The van der Waals surface area contributed by atoms with Crippen molar-refractivity contribution in [3.63, 3.8) is 0 Å². The first-order valence-corrected chi connectivity index (χ1v) is 7.87. The van der Waals surface area contributed by atoms with E-state index in [0.29, 0.717) is 21.1 Å². The van der Waals surface area contributed by atoms with E-state index in [1.165, 1.54) is 23.1 Å². The molecule has 0 fully saturated rings. The van der Waals surface area contributed by atoms with Gasteiger partial charge in [0.25, 0.3) is 0 Å². The highest BCUT2D eigenvalue weighted by Gasteiger charge is 2.20. The van der Waals surface area contributed by atoms with Gasteiger partial charge in [-0.15, -0.1) is 11.3 Å². The second-order valence-corrected chi connectivity index (χ2v) is 5.87. The van der Waals surface area contributed by atoms with E-state index in [9.17, 15) is 9.90 Å². The van der Waals surface area contributed by atoms with Gasteiger partial charge in [-0.1, -0.05) is 42.1 Å². The van der Waals surface area contributed by atoms with Gasteiger partial charge < -0.3 is 5.11 Å². The molecule has 0 radical (unpaired) electrons. The molecule has 0 saturated heterocycles. The molecule has 0 amide bonds. The molecule has 0 spiro atoms. The summed E-state index contributed by atoms with van der Waals surface area (Å²) >= 11 is 2.65. The first kappa shape index (κ1) is 13.1. The number of carboxylic acid groups (broad SMARTS) is 1. The summed E-state index contributed by atoms with van der Waals surface area (Å²) in [5, 5.41) is 10.1. The number of fused-ring (bicyclic) bond motifs is 1. The lowest BCUT2D eigenvalue weighted by Crippen LogP contribution is -1.95. The number of hydrogen-bond acceptors (Lipinski definition) is 5. The van der Waals surface area contributed by atoms with Crippen molar-refractivity contribution in [1.82, 2.24) is 9.97 Å². The maximum absolute atomic E-state index is 11.5. The Morgan fingerprint density at radius 3 is 2.70 bits per heavy atom. The highest BCUT2D eigenvalue weighted by Crippen LogP contribution is 2.37. The summed E-state index contributed by atoms with van der Waals surface area (Å²) in [5.74, 6) is -0.933. The Labute approximate surface area is 123 Å². The second-order valence-electron chi connectivity index (χ2n) is 4.05. The fraction of sp³-hybridized carbons (Fsp3) is 0.0714. The van der Waals surface area contributed by atoms with Gasteiger partial charge >= 0.3 is 5.97 Å². The quantitative estimate of drug-likeness (QED) is 0.589. The Balaban J connectivity index is 2.36. The van der Waals surface area contributed by atoms with Gasteiger partial charge in [-0.3, -0.25) is 0 Å². The zero-order valence-corrected chi connectivity index (χ0v) is 12.2. The summed E-state index contributed by atoms with van der Waals surface area (Å²) in [7, 11) is 0. The molecule has 0 saturated carbocycles. The predicted octanol–water partition coefficient (Wildman–Crippen LogP) is 3.78. The standard InChI is InChI=1S/C14H10N2O2S2/c1-19-14-15-7-9-11(16-14)10(12(20-9)13(17)18)8-5-3-2-4-6-8/h2-7H,1H3,(H,17,18). The van der Waals surface area contributed by atoms with Crippen LogP contribution in [0.2, 0.25) is 0 Å². The SMILES string of the molecule is CSc1ncc2sc(C(=O)O)c(-c3ccccc3)c2n1. The molecule has 1 N–H and O–H groups in total. The molecule has 6 heteroatoms. The van der Waals surface area contributed by atoms with Crippen LogP contribution in [0.15, 0.2) is 41.7 Å². The molecule has 0 bridgehead atoms. The van der Waals surface area contributed by atoms with Gasteiger partial charge in [0.05, 0.1) is 10.2 Å². The molecule has 2 heterocycles. The number of hydrogen-bond donors (Lipinski definition) is 1. The lowest BCUT2D eigenvalue weighted by Gasteiger charge is -2.02. The maximum atomic E-state index is 11.5. The topological polar surface area (TPSA) is 63.1 Å². The van der Waals surface area contributed by atoms with Crippen molar-refractivity contribution in [2.75, 3.05) is 6.26 Å². The predicted molar refractivity (Wildman–Crippen MR) is 81.6 cm³/mol. The third kappa shape index (κ3) is 2.17. The van der Waals surface area contributed by atoms with Crippen LogP contribution in [-0.4, -0.2) is 27.3 Å². The molecule has 3 aromatic rings. The molecule has 0 atom stereocenters. The van der Waals surface area contributed by atoms with Gasteiger partial charge in [-0.25, -0.2) is 14.8 Å². The summed E-state index contributed by atoms with van der Waals surface area (Å²) in [6, 6.07) is 9.48. The molecule has 1 aromatic carbocycles. The van der Waals surface area contributed by atoms with Gasteiger partial charge in [0.2, 0.25) is 0 Å². The van der Waals surface area contributed by atoms with Crippen LogP contribution in [0.1, 0.15) is 9.67 Å². The van der Waals surface area contributed by atoms with Crippen LogP contribution in [0.5, 0.6) is 0 Å². The Bertz CT molecular complexity index is 784. The molecule has 4 nitrogen and oxygen atoms in total. The lowest BCUT2D eigenvalue weighted by molar-refractivity contribution is 0.0703. The fourth-order valence-corrected chi connectivity index (χ4v) is 3.31. The Hall–Kier alpha value is -1.92. The van der Waals surface area contributed by atoms with Gasteiger partial charge in [-0.2, -0.15) is 0 Å². The molecule has 100 valence electrons. The lowest BCUT2D eigenvalue weighted by atomic mass is 10.1. The van der Waals surface area contributed by atoms with Gasteiger partial charge in [0, 0.05) is 11.8 Å². The normalized spacial score (nSPS) is 10.8. The minimum absolute atomic E-state index is 0.304. The van der Waals surface area contributed by atoms with E-state index in [-0.39, 0.29) is 0 Å². The van der Waals surface area contributed by atoms with Crippen molar-refractivity contribution < 1.29 is 9.90 Å². The Kier molecular flexibility index (Phi) is 3.42. The molecule has 0 aliphatic carbocycles. The number of aromatic nitrogens is 2. The molecular formula is C14H10N2O2S2. The smallest absolute Gasteiger partial charge is 0.346 e. The van der Waals surface area contributed by atoms with Crippen LogP contribution in [0.3, 0.4) is 0 Å². The van der Waals surface area contributed by atoms with Crippen molar-refractivity contribution in [2.24, 2.45) is 0 Å². The molecule has 3 rings (SSSR count). The van der Waals surface area contributed by atoms with Crippen molar-refractivity contribution in [1.29, 1.82) is 0 Å². The molecular weight excluding hydrogens is 292 g/mol. The average Bonchev–Trinajstić information content (AvgIpc) is 2.86. The summed E-state index contributed by atoms with van der Waals surface area (Å²) in [6.07, 6.45) is 3.59. The monoisotopic (exact) mass is 302 g/mol. The number of thiophene rings is 1. The zero-order chi connectivity index (χ0) is 14.1. The van der Waals surface area contributed by atoms with Crippen LogP contribution in [0, 0.1) is 0 Å². The van der Waals surface area contributed by atoms with Crippen LogP contribution < -0.4 is 0 Å². The molecule has 0 unspecified atom stereocenters. The number of aromatic carboxylic acids is 1. The van der Waals surface area contributed by atoms with Gasteiger partial charge in [0.1, 0.15) is 4.88 Å². The number of rotatable bonds is 3. The van der Waals surface area contributed by atoms with Gasteiger partial charge in [-0.05, 0) is 11.8 Å². The van der Waals surface area contributed by atoms with E-state index in [0.717, 1.165) is 10.3 Å². The fourth-order valence-electron chi connectivity index (χ4n) is 2.00. The number of carboxylic acids is 1. The third-order valence-electron chi connectivity index (χ3n) is 2.85. The molecule has 0 aliphatic heterocycles. The summed E-state index contributed by atoms with van der Waals surface area (Å²) in [4.78, 5) is 20.5. The third-order valence-corrected chi connectivity index (χ3v) is 4.51. The largest absolute Gasteiger partial charge is 0.477 e. The number of thioether (sulfide) groups is 1. The second kappa shape index (κ2) is 5.22. The molecule has 0 aliphatic rings. The van der Waals surface area contributed by atoms with E-state index in [2.05, 4.69) is 9.97 Å². The minimum Gasteiger partial charge on any atom is -0.477 e. The first-order valence-electron chi connectivity index (χ1n) is 5.83. The number of benzene rings is 1. The van der Waals surface area contributed by atoms with Crippen LogP contribution in [-0.2, 0) is 0 Å². The first-order chi connectivity index (χ1) is 9.70. The van der Waals surface area contributed by atoms with Gasteiger partial charge in [0.15, 0.2) is 5.16 Å².